The number of aryl methyl sites for hydroxylation is 1. The number of nitrogens with one attached hydrogen (secondary N) is 1. The molecule has 0 aliphatic rings. The van der Waals surface area contributed by atoms with Gasteiger partial charge in [0.25, 0.3) is 0 Å². The molecule has 84 valence electrons. The molecule has 1 aromatic heterocycles. The van der Waals surface area contributed by atoms with Crippen molar-refractivity contribution in [3.8, 4) is 0 Å². The molecule has 0 radical (unpaired) electrons. The first-order valence-corrected chi connectivity index (χ1v) is 5.34. The minimum Gasteiger partial charge on any atom is -0.354 e. The maximum absolute atomic E-state index is 11.4. The third kappa shape index (κ3) is 4.63. The molecule has 0 unspecified atom stereocenters. The Balaban J connectivity index is 2.24. The summed E-state index contributed by atoms with van der Waals surface area (Å²) in [4.78, 5) is 11.4. The van der Waals surface area contributed by atoms with Crippen LogP contribution in [0.25, 0.3) is 0 Å². The van der Waals surface area contributed by atoms with Crippen molar-refractivity contribution in [2.45, 2.75) is 33.7 Å². The van der Waals surface area contributed by atoms with Gasteiger partial charge < -0.3 is 5.32 Å². The van der Waals surface area contributed by atoms with E-state index in [-0.39, 0.29) is 5.91 Å². The van der Waals surface area contributed by atoms with Gasteiger partial charge in [0.05, 0.1) is 5.69 Å². The summed E-state index contributed by atoms with van der Waals surface area (Å²) >= 11 is 0. The average Bonchev–Trinajstić information content (AvgIpc) is 2.50. The first-order chi connectivity index (χ1) is 7.08. The Morgan fingerprint density at radius 2 is 2.33 bits per heavy atom. The number of hydrogen-bond acceptors (Lipinski definition) is 2. The molecular formula is C11H19N3O. The number of aromatic nitrogens is 2. The Hall–Kier alpha value is -1.32. The van der Waals surface area contributed by atoms with Crippen LogP contribution in [0.2, 0.25) is 0 Å². The summed E-state index contributed by atoms with van der Waals surface area (Å²) in [5.41, 5.74) is 0.935. The van der Waals surface area contributed by atoms with Crippen molar-refractivity contribution >= 4 is 5.91 Å². The number of carbonyl (C=O) groups excluding carboxylic acids is 1. The van der Waals surface area contributed by atoms with Gasteiger partial charge in [0.15, 0.2) is 0 Å². The third-order valence-electron chi connectivity index (χ3n) is 2.12. The van der Waals surface area contributed by atoms with E-state index in [1.165, 1.54) is 0 Å². The summed E-state index contributed by atoms with van der Waals surface area (Å²) in [6.07, 6.45) is 2.83. The number of amides is 1. The van der Waals surface area contributed by atoms with Crippen LogP contribution in [-0.4, -0.2) is 22.2 Å². The zero-order valence-corrected chi connectivity index (χ0v) is 9.66. The van der Waals surface area contributed by atoms with Crippen LogP contribution >= 0.6 is 0 Å². The lowest BCUT2D eigenvalue weighted by atomic mass is 10.1. The molecule has 0 aromatic carbocycles. The predicted octanol–water partition coefficient (Wildman–Crippen LogP) is 1.35. The van der Waals surface area contributed by atoms with Crippen molar-refractivity contribution in [3.63, 3.8) is 0 Å². The van der Waals surface area contributed by atoms with Gasteiger partial charge in [0, 0.05) is 12.7 Å². The fraction of sp³-hybridized carbons (Fsp3) is 0.636. The van der Waals surface area contributed by atoms with Crippen molar-refractivity contribution in [1.29, 1.82) is 0 Å². The van der Waals surface area contributed by atoms with Crippen molar-refractivity contribution in [3.05, 3.63) is 18.0 Å². The molecule has 1 amide bonds. The lowest BCUT2D eigenvalue weighted by molar-refractivity contribution is -0.121. The van der Waals surface area contributed by atoms with Gasteiger partial charge in [-0.2, -0.15) is 5.10 Å². The molecule has 0 bridgehead atoms. The number of nitrogens with zero attached hydrogens (tertiary/aromatic N) is 2. The molecule has 0 saturated carbocycles. The number of hydrogen-bond donors (Lipinski definition) is 1. The maximum Gasteiger partial charge on any atom is 0.241 e. The van der Waals surface area contributed by atoms with Crippen molar-refractivity contribution < 1.29 is 4.79 Å². The lowest BCUT2D eigenvalue weighted by Gasteiger charge is -2.06. The van der Waals surface area contributed by atoms with E-state index in [1.54, 1.807) is 4.68 Å². The molecule has 0 aliphatic carbocycles. The second kappa shape index (κ2) is 5.53. The van der Waals surface area contributed by atoms with E-state index in [9.17, 15) is 4.79 Å². The first-order valence-electron chi connectivity index (χ1n) is 5.34. The fourth-order valence-corrected chi connectivity index (χ4v) is 1.25. The second-order valence-electron chi connectivity index (χ2n) is 4.19. The Morgan fingerprint density at radius 1 is 1.60 bits per heavy atom. The van der Waals surface area contributed by atoms with Gasteiger partial charge in [-0.05, 0) is 25.3 Å². The molecule has 0 atom stereocenters. The molecule has 0 saturated heterocycles. The number of carbonyl (C=O) groups is 1. The van der Waals surface area contributed by atoms with Crippen LogP contribution in [0.3, 0.4) is 0 Å². The van der Waals surface area contributed by atoms with Crippen molar-refractivity contribution in [2.75, 3.05) is 6.54 Å². The zero-order chi connectivity index (χ0) is 11.3. The second-order valence-corrected chi connectivity index (χ2v) is 4.19. The molecular weight excluding hydrogens is 190 g/mol. The van der Waals surface area contributed by atoms with Gasteiger partial charge in [-0.1, -0.05) is 13.8 Å². The monoisotopic (exact) mass is 209 g/mol. The summed E-state index contributed by atoms with van der Waals surface area (Å²) in [5.74, 6) is 0.649. The predicted molar refractivity (Wildman–Crippen MR) is 59.4 cm³/mol. The average molecular weight is 209 g/mol. The topological polar surface area (TPSA) is 46.9 Å². The summed E-state index contributed by atoms with van der Waals surface area (Å²) in [6, 6.07) is 1.89. The van der Waals surface area contributed by atoms with Crippen LogP contribution in [0.5, 0.6) is 0 Å². The highest BCUT2D eigenvalue weighted by Gasteiger charge is 2.03. The van der Waals surface area contributed by atoms with E-state index < -0.39 is 0 Å². The smallest absolute Gasteiger partial charge is 0.241 e. The highest BCUT2D eigenvalue weighted by Crippen LogP contribution is 1.96. The van der Waals surface area contributed by atoms with Crippen LogP contribution in [-0.2, 0) is 11.3 Å². The van der Waals surface area contributed by atoms with Gasteiger partial charge in [0.2, 0.25) is 5.91 Å². The molecule has 1 heterocycles. The fourth-order valence-electron chi connectivity index (χ4n) is 1.25. The quantitative estimate of drug-likeness (QED) is 0.795. The minimum absolute atomic E-state index is 0.0266. The standard InChI is InChI=1S/C11H19N3O/c1-9(2)4-6-12-11(15)8-14-7-5-10(3)13-14/h5,7,9H,4,6,8H2,1-3H3,(H,12,15). The van der Waals surface area contributed by atoms with E-state index in [1.807, 2.05) is 19.2 Å². The van der Waals surface area contributed by atoms with Gasteiger partial charge in [-0.3, -0.25) is 9.48 Å². The maximum atomic E-state index is 11.4. The van der Waals surface area contributed by atoms with Gasteiger partial charge in [-0.15, -0.1) is 0 Å². The normalized spacial score (nSPS) is 10.7. The highest BCUT2D eigenvalue weighted by atomic mass is 16.2. The Bertz CT molecular complexity index is 317. The SMILES string of the molecule is Cc1ccn(CC(=O)NCCC(C)C)n1. The third-order valence-corrected chi connectivity index (χ3v) is 2.12. The van der Waals surface area contributed by atoms with Crippen LogP contribution < -0.4 is 5.32 Å². The highest BCUT2D eigenvalue weighted by molar-refractivity contribution is 5.75. The van der Waals surface area contributed by atoms with Crippen molar-refractivity contribution in [1.82, 2.24) is 15.1 Å². The van der Waals surface area contributed by atoms with Crippen LogP contribution in [0.4, 0.5) is 0 Å². The number of rotatable bonds is 5. The Labute approximate surface area is 90.7 Å². The molecule has 4 heteroatoms. The minimum atomic E-state index is 0.0266. The van der Waals surface area contributed by atoms with E-state index in [0.29, 0.717) is 12.5 Å². The van der Waals surface area contributed by atoms with E-state index >= 15 is 0 Å². The summed E-state index contributed by atoms with van der Waals surface area (Å²) in [7, 11) is 0. The van der Waals surface area contributed by atoms with Gasteiger partial charge >= 0.3 is 0 Å². The van der Waals surface area contributed by atoms with Crippen LogP contribution in [0.1, 0.15) is 26.0 Å². The molecule has 1 aromatic rings. The van der Waals surface area contributed by atoms with Gasteiger partial charge in [0.1, 0.15) is 6.54 Å². The summed E-state index contributed by atoms with van der Waals surface area (Å²) in [6.45, 7) is 7.25. The molecule has 0 aliphatic heterocycles. The molecule has 15 heavy (non-hydrogen) atoms. The van der Waals surface area contributed by atoms with Crippen LogP contribution in [0, 0.1) is 12.8 Å². The summed E-state index contributed by atoms with van der Waals surface area (Å²) < 4.78 is 1.65. The van der Waals surface area contributed by atoms with Crippen LogP contribution in [0.15, 0.2) is 12.3 Å². The Morgan fingerprint density at radius 3 is 2.87 bits per heavy atom. The zero-order valence-electron chi connectivity index (χ0n) is 9.66. The first kappa shape index (κ1) is 11.8. The molecule has 1 rings (SSSR count). The Kier molecular flexibility index (Phi) is 4.34. The van der Waals surface area contributed by atoms with Crippen molar-refractivity contribution in [2.24, 2.45) is 5.92 Å². The van der Waals surface area contributed by atoms with Gasteiger partial charge in [-0.25, -0.2) is 0 Å². The molecule has 1 N–H and O–H groups in total. The van der Waals surface area contributed by atoms with E-state index in [4.69, 9.17) is 0 Å². The largest absolute Gasteiger partial charge is 0.354 e. The molecule has 0 spiro atoms. The molecule has 4 nitrogen and oxygen atoms in total. The molecule has 0 fully saturated rings. The summed E-state index contributed by atoms with van der Waals surface area (Å²) in [5, 5.41) is 7.02. The lowest BCUT2D eigenvalue weighted by Crippen LogP contribution is -2.29. The van der Waals surface area contributed by atoms with E-state index in [0.717, 1.165) is 18.7 Å². The van der Waals surface area contributed by atoms with E-state index in [2.05, 4.69) is 24.3 Å².